The van der Waals surface area contributed by atoms with Crippen molar-refractivity contribution in [3.8, 4) is 5.75 Å². The van der Waals surface area contributed by atoms with Crippen LogP contribution in [0.2, 0.25) is 5.02 Å². The zero-order valence-electron chi connectivity index (χ0n) is 13.8. The summed E-state index contributed by atoms with van der Waals surface area (Å²) in [4.78, 5) is 25.6. The van der Waals surface area contributed by atoms with E-state index in [1.807, 2.05) is 12.1 Å². The molecule has 1 aromatic heterocycles. The van der Waals surface area contributed by atoms with Crippen molar-refractivity contribution in [2.45, 2.75) is 13.5 Å². The van der Waals surface area contributed by atoms with E-state index < -0.39 is 10.9 Å². The van der Waals surface area contributed by atoms with Gasteiger partial charge in [-0.3, -0.25) is 10.1 Å². The fourth-order valence-electron chi connectivity index (χ4n) is 2.52. The molecule has 7 nitrogen and oxygen atoms in total. The van der Waals surface area contributed by atoms with Gasteiger partial charge in [-0.1, -0.05) is 11.6 Å². The van der Waals surface area contributed by atoms with E-state index in [0.717, 1.165) is 16.6 Å². The number of halogens is 1. The van der Waals surface area contributed by atoms with Crippen LogP contribution in [0.3, 0.4) is 0 Å². The number of benzene rings is 2. The minimum absolute atomic E-state index is 0.00255. The molecule has 0 aliphatic rings. The summed E-state index contributed by atoms with van der Waals surface area (Å²) < 4.78 is 10.5. The minimum Gasteiger partial charge on any atom is -0.480 e. The van der Waals surface area contributed by atoms with Crippen LogP contribution >= 0.6 is 11.6 Å². The fraction of sp³-hybridized carbons (Fsp3) is 0.167. The first-order valence-electron chi connectivity index (χ1n) is 7.83. The Kier molecular flexibility index (Phi) is 5.09. The van der Waals surface area contributed by atoms with Crippen LogP contribution in [0.5, 0.6) is 5.75 Å². The molecule has 8 heteroatoms. The van der Waals surface area contributed by atoms with Crippen molar-refractivity contribution in [1.82, 2.24) is 4.98 Å². The summed E-state index contributed by atoms with van der Waals surface area (Å²) in [6.45, 7) is 1.96. The monoisotopic (exact) mass is 374 g/mol. The summed E-state index contributed by atoms with van der Waals surface area (Å²) in [5, 5.41) is 12.7. The zero-order valence-corrected chi connectivity index (χ0v) is 14.6. The van der Waals surface area contributed by atoms with Crippen molar-refractivity contribution in [1.29, 1.82) is 0 Å². The van der Waals surface area contributed by atoms with E-state index in [-0.39, 0.29) is 30.2 Å². The molecule has 0 saturated carbocycles. The molecule has 3 rings (SSSR count). The molecule has 26 heavy (non-hydrogen) atoms. The second-order valence-corrected chi connectivity index (χ2v) is 5.91. The lowest BCUT2D eigenvalue weighted by atomic mass is 10.2. The van der Waals surface area contributed by atoms with Gasteiger partial charge in [-0.2, -0.15) is 0 Å². The van der Waals surface area contributed by atoms with Gasteiger partial charge in [-0.15, -0.1) is 0 Å². The molecule has 0 aliphatic carbocycles. The van der Waals surface area contributed by atoms with Crippen LogP contribution in [-0.2, 0) is 11.3 Å². The average molecular weight is 375 g/mol. The van der Waals surface area contributed by atoms with Gasteiger partial charge in [0.2, 0.25) is 0 Å². The van der Waals surface area contributed by atoms with E-state index in [1.54, 1.807) is 19.1 Å². The highest BCUT2D eigenvalue weighted by Gasteiger charge is 2.19. The predicted molar refractivity (Wildman–Crippen MR) is 96.7 cm³/mol. The van der Waals surface area contributed by atoms with Gasteiger partial charge in [0.05, 0.1) is 22.8 Å². The fourth-order valence-corrected chi connectivity index (χ4v) is 2.70. The summed E-state index contributed by atoms with van der Waals surface area (Å²) in [6.07, 6.45) is 0. The number of H-pyrrole nitrogens is 1. The first-order chi connectivity index (χ1) is 12.5. The van der Waals surface area contributed by atoms with Gasteiger partial charge < -0.3 is 14.5 Å². The molecule has 134 valence electrons. The first kappa shape index (κ1) is 17.8. The normalized spacial score (nSPS) is 10.7. The first-order valence-corrected chi connectivity index (χ1v) is 8.21. The Morgan fingerprint density at radius 2 is 2.04 bits per heavy atom. The second-order valence-electron chi connectivity index (χ2n) is 5.47. The minimum atomic E-state index is -0.562. The van der Waals surface area contributed by atoms with Crippen LogP contribution < -0.4 is 4.74 Å². The molecule has 0 spiro atoms. The molecular formula is C18H15ClN2O5. The maximum atomic E-state index is 11.8. The van der Waals surface area contributed by atoms with Crippen molar-refractivity contribution >= 4 is 34.2 Å². The third-order valence-corrected chi connectivity index (χ3v) is 3.92. The maximum Gasteiger partial charge on any atom is 0.338 e. The molecule has 0 bridgehead atoms. The maximum absolute atomic E-state index is 11.8. The number of fused-ring (bicyclic) bond motifs is 1. The summed E-state index contributed by atoms with van der Waals surface area (Å²) in [7, 11) is 0. The number of nitro groups is 1. The Morgan fingerprint density at radius 1 is 1.23 bits per heavy atom. The number of carbonyl (C=O) groups excluding carboxylic acids is 1. The predicted octanol–water partition coefficient (Wildman–Crippen LogP) is 4.49. The Hall–Kier alpha value is -3.06. The van der Waals surface area contributed by atoms with Crippen LogP contribution in [0.4, 0.5) is 5.69 Å². The molecule has 0 radical (unpaired) electrons. The number of rotatable bonds is 6. The van der Waals surface area contributed by atoms with Gasteiger partial charge >= 0.3 is 11.7 Å². The number of carbonyl (C=O) groups is 1. The van der Waals surface area contributed by atoms with E-state index in [9.17, 15) is 14.9 Å². The van der Waals surface area contributed by atoms with Crippen molar-refractivity contribution < 1.29 is 19.2 Å². The van der Waals surface area contributed by atoms with Gasteiger partial charge in [0.25, 0.3) is 0 Å². The summed E-state index contributed by atoms with van der Waals surface area (Å²) >= 11 is 5.97. The largest absolute Gasteiger partial charge is 0.480 e. The Balaban J connectivity index is 1.85. The average Bonchev–Trinajstić information content (AvgIpc) is 3.01. The van der Waals surface area contributed by atoms with Crippen LogP contribution in [0.25, 0.3) is 10.9 Å². The Morgan fingerprint density at radius 3 is 2.77 bits per heavy atom. The highest BCUT2D eigenvalue weighted by atomic mass is 35.5. The number of nitrogens with zero attached hydrogens (tertiary/aromatic N) is 1. The smallest absolute Gasteiger partial charge is 0.338 e. The van der Waals surface area contributed by atoms with Crippen LogP contribution in [-0.4, -0.2) is 22.5 Å². The molecule has 2 aromatic carbocycles. The van der Waals surface area contributed by atoms with Crippen molar-refractivity contribution in [2.24, 2.45) is 0 Å². The third-order valence-electron chi connectivity index (χ3n) is 3.69. The number of hydrogen-bond donors (Lipinski definition) is 1. The van der Waals surface area contributed by atoms with Gasteiger partial charge in [0.15, 0.2) is 5.75 Å². The van der Waals surface area contributed by atoms with Gasteiger partial charge in [0.1, 0.15) is 6.61 Å². The van der Waals surface area contributed by atoms with Gasteiger partial charge in [-0.05, 0) is 37.3 Å². The molecule has 0 atom stereocenters. The number of aromatic amines is 1. The quantitative estimate of drug-likeness (QED) is 0.390. The van der Waals surface area contributed by atoms with Crippen molar-refractivity contribution in [3.05, 3.63) is 68.9 Å². The Bertz CT molecular complexity index is 983. The van der Waals surface area contributed by atoms with E-state index >= 15 is 0 Å². The lowest BCUT2D eigenvalue weighted by Gasteiger charge is -2.08. The molecule has 1 N–H and O–H groups in total. The molecule has 0 fully saturated rings. The number of nitrogens with one attached hydrogen (secondary N) is 1. The highest BCUT2D eigenvalue weighted by molar-refractivity contribution is 6.31. The molecule has 0 saturated heterocycles. The van der Waals surface area contributed by atoms with E-state index in [2.05, 4.69) is 4.98 Å². The van der Waals surface area contributed by atoms with E-state index in [0.29, 0.717) is 5.02 Å². The molecule has 0 aliphatic heterocycles. The molecule has 0 amide bonds. The van der Waals surface area contributed by atoms with E-state index in [4.69, 9.17) is 21.1 Å². The number of esters is 1. The lowest BCUT2D eigenvalue weighted by molar-refractivity contribution is -0.385. The SMILES string of the molecule is CCOC(=O)c1ccc([N+](=O)[O-])c(OCc2cc3cc(Cl)ccc3[nH]2)c1. The standard InChI is InChI=1S/C18H15ClN2O5/c1-2-25-18(22)11-3-6-16(21(23)24)17(9-11)26-10-14-8-12-7-13(19)4-5-15(12)20-14/h3-9,20H,2,10H2,1H3. The zero-order chi connectivity index (χ0) is 18.7. The van der Waals surface area contributed by atoms with Crippen molar-refractivity contribution in [2.75, 3.05) is 6.61 Å². The van der Waals surface area contributed by atoms with Gasteiger partial charge in [0, 0.05) is 28.1 Å². The molecule has 1 heterocycles. The summed E-state index contributed by atoms with van der Waals surface area (Å²) in [6, 6.07) is 11.1. The molecular weight excluding hydrogens is 360 g/mol. The van der Waals surface area contributed by atoms with Crippen LogP contribution in [0, 0.1) is 10.1 Å². The number of nitro benzene ring substituents is 1. The summed E-state index contributed by atoms with van der Waals surface area (Å²) in [5.74, 6) is -0.565. The van der Waals surface area contributed by atoms with Gasteiger partial charge in [-0.25, -0.2) is 4.79 Å². The van der Waals surface area contributed by atoms with E-state index in [1.165, 1.54) is 18.2 Å². The topological polar surface area (TPSA) is 94.5 Å². The lowest BCUT2D eigenvalue weighted by Crippen LogP contribution is -2.06. The van der Waals surface area contributed by atoms with Crippen molar-refractivity contribution in [3.63, 3.8) is 0 Å². The molecule has 3 aromatic rings. The number of ether oxygens (including phenoxy) is 2. The third kappa shape index (κ3) is 3.78. The number of aromatic nitrogens is 1. The molecule has 0 unspecified atom stereocenters. The number of hydrogen-bond acceptors (Lipinski definition) is 5. The summed E-state index contributed by atoms with van der Waals surface area (Å²) in [5.41, 5.74) is 1.56. The van der Waals surface area contributed by atoms with Crippen LogP contribution in [0.15, 0.2) is 42.5 Å². The highest BCUT2D eigenvalue weighted by Crippen LogP contribution is 2.29. The second kappa shape index (κ2) is 7.45. The Labute approximate surface area is 153 Å². The van der Waals surface area contributed by atoms with Crippen LogP contribution in [0.1, 0.15) is 23.0 Å².